The molecule has 0 fully saturated rings. The van der Waals surface area contributed by atoms with Crippen LogP contribution in [-0.4, -0.2) is 0 Å². The van der Waals surface area contributed by atoms with Crippen LogP contribution in [0.2, 0.25) is 0 Å². The monoisotopic (exact) mass is 792 g/mol. The topological polar surface area (TPSA) is 0 Å². The molecule has 200 valence electrons. The standard InChI is InChI=1S/2C17H23.2BrH.Hf/c2*1-6-13-7-15-9-14(11(2)3)10-16(12(4)5)17(15)8-13;;;/h2*7-12H,6H2,1-5H3;2*1H;/q2*-1;;;+4/p-2. The third kappa shape index (κ3) is 8.74. The molecule has 0 atom stereocenters. The van der Waals surface area contributed by atoms with Crippen LogP contribution in [0.25, 0.3) is 21.5 Å². The van der Waals surface area contributed by atoms with Gasteiger partial charge in [0.05, 0.1) is 0 Å². The number of halogens is 2. The smallest absolute Gasteiger partial charge is 1.00 e. The molecule has 0 nitrogen and oxygen atoms in total. The van der Waals surface area contributed by atoms with Crippen LogP contribution in [0.15, 0.2) is 48.5 Å². The molecule has 3 heteroatoms. The van der Waals surface area contributed by atoms with Gasteiger partial charge in [-0.2, -0.15) is 12.1 Å². The second-order valence-electron chi connectivity index (χ2n) is 11.3. The summed E-state index contributed by atoms with van der Waals surface area (Å²) in [6, 6.07) is 19.0. The van der Waals surface area contributed by atoms with Crippen LogP contribution in [0.3, 0.4) is 0 Å². The number of fused-ring (bicyclic) bond motifs is 2. The second-order valence-corrected chi connectivity index (χ2v) is 11.3. The predicted molar refractivity (Wildman–Crippen MR) is 154 cm³/mol. The number of benzene rings is 2. The molecular formula is C34H46Br2Hf. The van der Waals surface area contributed by atoms with E-state index in [0.717, 1.165) is 12.8 Å². The summed E-state index contributed by atoms with van der Waals surface area (Å²) in [4.78, 5) is 0. The Morgan fingerprint density at radius 2 is 0.838 bits per heavy atom. The third-order valence-corrected chi connectivity index (χ3v) is 7.27. The Balaban J connectivity index is 0.000000648. The van der Waals surface area contributed by atoms with Gasteiger partial charge in [-0.3, -0.25) is 0 Å². The Hall–Kier alpha value is -0.510. The molecule has 4 aromatic rings. The van der Waals surface area contributed by atoms with Gasteiger partial charge in [0.2, 0.25) is 0 Å². The van der Waals surface area contributed by atoms with E-state index in [2.05, 4.69) is 118 Å². The van der Waals surface area contributed by atoms with Crippen molar-refractivity contribution >= 4 is 21.5 Å². The van der Waals surface area contributed by atoms with E-state index in [1.165, 1.54) is 54.9 Å². The fourth-order valence-electron chi connectivity index (χ4n) is 4.90. The molecule has 0 bridgehead atoms. The zero-order valence-electron chi connectivity index (χ0n) is 24.6. The fraction of sp³-hybridized carbons (Fsp3) is 0.471. The molecule has 37 heavy (non-hydrogen) atoms. The molecule has 0 aliphatic rings. The zero-order valence-corrected chi connectivity index (χ0v) is 31.4. The van der Waals surface area contributed by atoms with Gasteiger partial charge < -0.3 is 34.0 Å². The average Bonchev–Trinajstić information content (AvgIpc) is 3.40. The van der Waals surface area contributed by atoms with Crippen LogP contribution in [0, 0.1) is 0 Å². The van der Waals surface area contributed by atoms with E-state index in [4.69, 9.17) is 0 Å². The molecule has 4 aromatic carbocycles. The average molecular weight is 793 g/mol. The largest absolute Gasteiger partial charge is 4.00 e. The molecule has 0 aromatic heterocycles. The minimum absolute atomic E-state index is 0. The summed E-state index contributed by atoms with van der Waals surface area (Å²) in [7, 11) is 0. The van der Waals surface area contributed by atoms with Gasteiger partial charge >= 0.3 is 25.8 Å². The van der Waals surface area contributed by atoms with Crippen molar-refractivity contribution in [2.75, 3.05) is 0 Å². The normalized spacial score (nSPS) is 11.0. The van der Waals surface area contributed by atoms with Crippen LogP contribution >= 0.6 is 0 Å². The Morgan fingerprint density at radius 1 is 0.514 bits per heavy atom. The molecule has 0 heterocycles. The first kappa shape index (κ1) is 36.5. The van der Waals surface area contributed by atoms with Crippen molar-refractivity contribution in [3.63, 3.8) is 0 Å². The number of hydrogen-bond donors (Lipinski definition) is 0. The number of rotatable bonds is 6. The van der Waals surface area contributed by atoms with Crippen LogP contribution in [0.4, 0.5) is 0 Å². The summed E-state index contributed by atoms with van der Waals surface area (Å²) in [6.07, 6.45) is 2.26. The Kier molecular flexibility index (Phi) is 15.7. The maximum atomic E-state index is 2.40. The molecule has 0 amide bonds. The van der Waals surface area contributed by atoms with Crippen molar-refractivity contribution in [1.29, 1.82) is 0 Å². The van der Waals surface area contributed by atoms with Crippen LogP contribution in [-0.2, 0) is 38.7 Å². The van der Waals surface area contributed by atoms with Crippen molar-refractivity contribution in [1.82, 2.24) is 0 Å². The van der Waals surface area contributed by atoms with Crippen molar-refractivity contribution < 1.29 is 59.8 Å². The summed E-state index contributed by atoms with van der Waals surface area (Å²) in [6.45, 7) is 22.7. The first-order valence-electron chi connectivity index (χ1n) is 13.5. The minimum Gasteiger partial charge on any atom is -1.00 e. The van der Waals surface area contributed by atoms with E-state index >= 15 is 0 Å². The van der Waals surface area contributed by atoms with Gasteiger partial charge in [-0.15, -0.1) is 56.9 Å². The minimum atomic E-state index is 0. The van der Waals surface area contributed by atoms with E-state index in [1.807, 2.05) is 0 Å². The fourth-order valence-corrected chi connectivity index (χ4v) is 4.90. The quantitative estimate of drug-likeness (QED) is 0.196. The van der Waals surface area contributed by atoms with E-state index in [1.54, 1.807) is 0 Å². The van der Waals surface area contributed by atoms with E-state index in [9.17, 15) is 0 Å². The van der Waals surface area contributed by atoms with Gasteiger partial charge in [0, 0.05) is 0 Å². The summed E-state index contributed by atoms with van der Waals surface area (Å²) < 4.78 is 0. The van der Waals surface area contributed by atoms with E-state index < -0.39 is 0 Å². The summed E-state index contributed by atoms with van der Waals surface area (Å²) in [5.74, 6) is 2.42. The third-order valence-electron chi connectivity index (χ3n) is 7.27. The summed E-state index contributed by atoms with van der Waals surface area (Å²) in [5, 5.41) is 5.77. The molecule has 0 N–H and O–H groups in total. The number of hydrogen-bond acceptors (Lipinski definition) is 0. The summed E-state index contributed by atoms with van der Waals surface area (Å²) in [5.41, 5.74) is 8.87. The molecule has 4 rings (SSSR count). The Bertz CT molecular complexity index is 1140. The molecule has 0 saturated heterocycles. The first-order chi connectivity index (χ1) is 16.0. The van der Waals surface area contributed by atoms with E-state index in [0.29, 0.717) is 23.7 Å². The van der Waals surface area contributed by atoms with Gasteiger partial charge in [-0.05, 0) is 36.5 Å². The maximum absolute atomic E-state index is 2.40. The first-order valence-corrected chi connectivity index (χ1v) is 13.5. The molecule has 0 aliphatic carbocycles. The zero-order chi connectivity index (χ0) is 25.2. The molecular weight excluding hydrogens is 747 g/mol. The van der Waals surface area contributed by atoms with Crippen LogP contribution in [0.5, 0.6) is 0 Å². The number of aryl methyl sites for hydroxylation is 2. The van der Waals surface area contributed by atoms with Gasteiger partial charge in [0.15, 0.2) is 0 Å². The molecule has 0 radical (unpaired) electrons. The van der Waals surface area contributed by atoms with Crippen molar-refractivity contribution in [3.05, 3.63) is 81.9 Å². The summed E-state index contributed by atoms with van der Waals surface area (Å²) >= 11 is 0. The molecule has 0 aliphatic heterocycles. The molecule has 0 spiro atoms. The van der Waals surface area contributed by atoms with Crippen molar-refractivity contribution in [2.24, 2.45) is 0 Å². The van der Waals surface area contributed by atoms with E-state index in [-0.39, 0.29) is 59.8 Å². The van der Waals surface area contributed by atoms with Crippen LogP contribution < -0.4 is 34.0 Å². The van der Waals surface area contributed by atoms with Crippen molar-refractivity contribution in [2.45, 2.75) is 106 Å². The van der Waals surface area contributed by atoms with Gasteiger partial charge in [0.1, 0.15) is 0 Å². The predicted octanol–water partition coefficient (Wildman–Crippen LogP) is 4.74. The molecule has 0 saturated carbocycles. The van der Waals surface area contributed by atoms with Gasteiger partial charge in [0.25, 0.3) is 0 Å². The second kappa shape index (κ2) is 15.9. The Morgan fingerprint density at radius 3 is 1.08 bits per heavy atom. The Labute approximate surface area is 267 Å². The maximum Gasteiger partial charge on any atom is 4.00 e. The van der Waals surface area contributed by atoms with Gasteiger partial charge in [-0.25, -0.2) is 0 Å². The SMILES string of the molecule is CCc1cc2c(C(C)C)cc(C(C)C)cc2[cH-]1.CCc1cc2c(C(C)C)cc(C(C)C)cc2[cH-]1.[Br-].[Br-].[Hf+4]. The molecule has 0 unspecified atom stereocenters. The van der Waals surface area contributed by atoms with Gasteiger partial charge in [-0.1, -0.05) is 104 Å². The van der Waals surface area contributed by atoms with Crippen LogP contribution in [0.1, 0.15) is 126 Å². The van der Waals surface area contributed by atoms with Crippen molar-refractivity contribution in [3.8, 4) is 0 Å².